The third kappa shape index (κ3) is 6.42. The van der Waals surface area contributed by atoms with Crippen LogP contribution >= 0.6 is 0 Å². The number of rotatable bonds is 8. The van der Waals surface area contributed by atoms with E-state index < -0.39 is 30.2 Å². The Morgan fingerprint density at radius 2 is 2.14 bits per heavy atom. The van der Waals surface area contributed by atoms with Gasteiger partial charge in [0.05, 0.1) is 24.0 Å². The van der Waals surface area contributed by atoms with E-state index in [2.05, 4.69) is 25.8 Å². The third-order valence-corrected chi connectivity index (χ3v) is 5.76. The van der Waals surface area contributed by atoms with E-state index in [1.54, 1.807) is 19.1 Å². The molecule has 3 aromatic rings. The van der Waals surface area contributed by atoms with E-state index in [-0.39, 0.29) is 36.6 Å². The lowest BCUT2D eigenvalue weighted by molar-refractivity contribution is -0.183. The van der Waals surface area contributed by atoms with Crippen molar-refractivity contribution in [2.75, 3.05) is 25.1 Å². The molecule has 1 aromatic carbocycles. The van der Waals surface area contributed by atoms with Crippen LogP contribution in [0, 0.1) is 5.82 Å². The Bertz CT molecular complexity index is 1290. The number of hydrogen-bond donors (Lipinski definition) is 3. The minimum atomic E-state index is -4.57. The number of alkyl halides is 3. The van der Waals surface area contributed by atoms with Crippen LogP contribution in [-0.4, -0.2) is 64.2 Å². The van der Waals surface area contributed by atoms with Crippen molar-refractivity contribution in [2.24, 2.45) is 5.10 Å². The predicted octanol–water partition coefficient (Wildman–Crippen LogP) is 4.56. The van der Waals surface area contributed by atoms with Crippen LogP contribution in [0.15, 0.2) is 47.7 Å². The van der Waals surface area contributed by atoms with E-state index in [0.29, 0.717) is 23.2 Å². The lowest BCUT2D eigenvalue weighted by atomic mass is 10.1. The van der Waals surface area contributed by atoms with Crippen molar-refractivity contribution in [3.05, 3.63) is 59.7 Å². The molecule has 3 N–H and O–H groups in total. The van der Waals surface area contributed by atoms with Crippen molar-refractivity contribution in [1.29, 1.82) is 0 Å². The largest absolute Gasteiger partial charge is 0.491 e. The molecule has 37 heavy (non-hydrogen) atoms. The Hall–Kier alpha value is -4.00. The van der Waals surface area contributed by atoms with Crippen molar-refractivity contribution >= 4 is 29.0 Å². The van der Waals surface area contributed by atoms with Crippen LogP contribution in [0.2, 0.25) is 0 Å². The number of benzene rings is 1. The number of hydrogen-bond acceptors (Lipinski definition) is 7. The molecule has 1 amide bonds. The Kier molecular flexibility index (Phi) is 7.71. The molecule has 0 radical (unpaired) electrons. The van der Waals surface area contributed by atoms with Gasteiger partial charge in [-0.3, -0.25) is 10.3 Å². The maximum Gasteiger partial charge on any atom is 0.408 e. The number of halogens is 4. The molecule has 2 atom stereocenters. The van der Waals surface area contributed by atoms with Crippen molar-refractivity contribution in [3.63, 3.8) is 0 Å². The van der Waals surface area contributed by atoms with Crippen LogP contribution < -0.4 is 15.5 Å². The second-order valence-electron chi connectivity index (χ2n) is 8.37. The van der Waals surface area contributed by atoms with E-state index >= 15 is 0 Å². The van der Waals surface area contributed by atoms with Gasteiger partial charge in [0.25, 0.3) is 0 Å². The number of anilines is 1. The zero-order chi connectivity index (χ0) is 26.6. The first-order valence-electron chi connectivity index (χ1n) is 11.4. The monoisotopic (exact) mass is 520 g/mol. The lowest BCUT2D eigenvalue weighted by Gasteiger charge is -2.30. The molecule has 196 valence electrons. The molecule has 3 heterocycles. The van der Waals surface area contributed by atoms with E-state index in [1.807, 2.05) is 0 Å². The number of carbonyl (C=O) groups is 1. The molecular formula is C24H24F4N6O3. The Morgan fingerprint density at radius 3 is 2.81 bits per heavy atom. The topological polar surface area (TPSA) is 112 Å². The van der Waals surface area contributed by atoms with Crippen molar-refractivity contribution in [1.82, 2.24) is 20.2 Å². The summed E-state index contributed by atoms with van der Waals surface area (Å²) in [5.74, 6) is -0.170. The summed E-state index contributed by atoms with van der Waals surface area (Å²) < 4.78 is 60.8. The summed E-state index contributed by atoms with van der Waals surface area (Å²) in [6.07, 6.45) is -3.04. The molecule has 4 rings (SSSR count). The van der Waals surface area contributed by atoms with E-state index in [1.165, 1.54) is 35.4 Å². The number of fused-ring (bicyclic) bond motifs is 1. The Labute approximate surface area is 209 Å². The van der Waals surface area contributed by atoms with Crippen molar-refractivity contribution < 1.29 is 32.2 Å². The number of hydrazone groups is 1. The molecule has 13 heteroatoms. The zero-order valence-corrected chi connectivity index (χ0v) is 19.7. The van der Waals surface area contributed by atoms with Crippen LogP contribution in [0.4, 0.5) is 28.2 Å². The normalized spacial score (nSPS) is 17.3. The number of nitrogens with zero attached hydrogens (tertiary/aromatic N) is 4. The molecule has 0 bridgehead atoms. The van der Waals surface area contributed by atoms with E-state index in [0.717, 1.165) is 6.20 Å². The highest BCUT2D eigenvalue weighted by atomic mass is 19.4. The summed E-state index contributed by atoms with van der Waals surface area (Å²) >= 11 is 0. The van der Waals surface area contributed by atoms with Crippen LogP contribution in [0.3, 0.4) is 0 Å². The number of pyridine rings is 2. The third-order valence-electron chi connectivity index (χ3n) is 5.76. The highest BCUT2D eigenvalue weighted by Crippen LogP contribution is 2.39. The van der Waals surface area contributed by atoms with Gasteiger partial charge in [0, 0.05) is 36.8 Å². The van der Waals surface area contributed by atoms with Crippen molar-refractivity contribution in [3.8, 4) is 5.75 Å². The molecule has 0 unspecified atom stereocenters. The predicted molar refractivity (Wildman–Crippen MR) is 128 cm³/mol. The SMILES string of the molecule is CCOc1cc2nc(C=NNc3ccc([C@@H](N4CC[C@H](NC(=O)O)C4)C(F)(F)F)cn3)ccc2cc1F. The van der Waals surface area contributed by atoms with Crippen LogP contribution in [0.25, 0.3) is 10.9 Å². The van der Waals surface area contributed by atoms with Gasteiger partial charge in [0.15, 0.2) is 11.6 Å². The van der Waals surface area contributed by atoms with E-state index in [9.17, 15) is 22.4 Å². The minimum absolute atomic E-state index is 0.0573. The number of likely N-dealkylation sites (tertiary alicyclic amines) is 1. The molecule has 1 fully saturated rings. The maximum absolute atomic E-state index is 14.0. The maximum atomic E-state index is 14.0. The average molecular weight is 520 g/mol. The Balaban J connectivity index is 1.44. The van der Waals surface area contributed by atoms with Gasteiger partial charge in [-0.1, -0.05) is 12.1 Å². The zero-order valence-electron chi connectivity index (χ0n) is 19.7. The first-order valence-corrected chi connectivity index (χ1v) is 11.4. The molecule has 1 aliphatic heterocycles. The molecular weight excluding hydrogens is 496 g/mol. The van der Waals surface area contributed by atoms with Gasteiger partial charge in [-0.2, -0.15) is 18.3 Å². The Morgan fingerprint density at radius 1 is 1.32 bits per heavy atom. The van der Waals surface area contributed by atoms with Crippen LogP contribution in [-0.2, 0) is 0 Å². The van der Waals surface area contributed by atoms with Gasteiger partial charge in [0.2, 0.25) is 0 Å². The number of ether oxygens (including phenoxy) is 1. The van der Waals surface area contributed by atoms with E-state index in [4.69, 9.17) is 9.84 Å². The summed E-state index contributed by atoms with van der Waals surface area (Å²) in [7, 11) is 0. The van der Waals surface area contributed by atoms with Crippen LogP contribution in [0.5, 0.6) is 5.75 Å². The number of amides is 1. The summed E-state index contributed by atoms with van der Waals surface area (Å²) in [5, 5.41) is 15.7. The van der Waals surface area contributed by atoms with Gasteiger partial charge in [0.1, 0.15) is 11.9 Å². The summed E-state index contributed by atoms with van der Waals surface area (Å²) in [6.45, 7) is 2.09. The number of aromatic nitrogens is 2. The molecule has 0 saturated carbocycles. The molecule has 0 aliphatic carbocycles. The fourth-order valence-electron chi connectivity index (χ4n) is 4.20. The standard InChI is InChI=1S/C24H24F4N6O3/c1-2-37-20-10-19-14(9-18(20)25)3-5-16(31-19)12-30-33-21-6-4-15(11-29-21)22(24(26,27)28)34-8-7-17(13-34)32-23(35)36/h3-6,9-12,17,22,32H,2,7-8,13H2,1H3,(H,29,33)(H,35,36)/t17-,22+/m0/s1. The highest BCUT2D eigenvalue weighted by Gasteiger charge is 2.47. The van der Waals surface area contributed by atoms with Crippen LogP contribution in [0.1, 0.15) is 30.6 Å². The highest BCUT2D eigenvalue weighted by molar-refractivity contribution is 5.86. The number of nitrogens with one attached hydrogen (secondary N) is 2. The smallest absolute Gasteiger partial charge is 0.408 e. The van der Waals surface area contributed by atoms with Gasteiger partial charge in [-0.25, -0.2) is 19.2 Å². The van der Waals surface area contributed by atoms with Gasteiger partial charge in [-0.15, -0.1) is 0 Å². The van der Waals surface area contributed by atoms with Gasteiger partial charge in [-0.05, 0) is 37.1 Å². The summed E-state index contributed by atoms with van der Waals surface area (Å²) in [6, 6.07) is 6.35. The first-order chi connectivity index (χ1) is 17.6. The average Bonchev–Trinajstić information content (AvgIpc) is 3.27. The second kappa shape index (κ2) is 10.9. The molecule has 2 aromatic heterocycles. The number of carboxylic acid groups (broad SMARTS) is 1. The first kappa shape index (κ1) is 26.1. The minimum Gasteiger partial charge on any atom is -0.491 e. The summed E-state index contributed by atoms with van der Waals surface area (Å²) in [4.78, 5) is 20.4. The molecule has 1 saturated heterocycles. The second-order valence-corrected chi connectivity index (χ2v) is 8.37. The lowest BCUT2D eigenvalue weighted by Crippen LogP contribution is -2.40. The van der Waals surface area contributed by atoms with Crippen molar-refractivity contribution in [2.45, 2.75) is 31.6 Å². The molecule has 9 nitrogen and oxygen atoms in total. The quantitative estimate of drug-likeness (QED) is 0.227. The molecule has 0 spiro atoms. The fourth-order valence-corrected chi connectivity index (χ4v) is 4.20. The fraction of sp³-hybridized carbons (Fsp3) is 0.333. The molecule has 1 aliphatic rings. The summed E-state index contributed by atoms with van der Waals surface area (Å²) in [5.41, 5.74) is 3.56. The van der Waals surface area contributed by atoms with Gasteiger partial charge >= 0.3 is 12.3 Å². The van der Waals surface area contributed by atoms with Gasteiger partial charge < -0.3 is 15.2 Å².